The van der Waals surface area contributed by atoms with Gasteiger partial charge in [-0.05, 0) is 42.5 Å². The molecule has 0 atom stereocenters. The van der Waals surface area contributed by atoms with Crippen LogP contribution in [0.2, 0.25) is 0 Å². The van der Waals surface area contributed by atoms with Crippen LogP contribution in [0.25, 0.3) is 10.9 Å². The molecule has 1 aromatic heterocycles. The number of rotatable bonds is 3. The number of nitrogens with one attached hydrogen (secondary N) is 1. The zero-order valence-electron chi connectivity index (χ0n) is 14.0. The lowest BCUT2D eigenvalue weighted by molar-refractivity contribution is -0.132. The minimum Gasteiger partial charge on any atom is -0.358 e. The van der Waals surface area contributed by atoms with E-state index in [0.717, 1.165) is 31.4 Å². The van der Waals surface area contributed by atoms with Gasteiger partial charge in [0.1, 0.15) is 0 Å². The first-order valence-electron chi connectivity index (χ1n) is 8.63. The number of carbonyl (C=O) groups excluding carboxylic acids is 1. The Kier molecular flexibility index (Phi) is 3.85. The minimum absolute atomic E-state index is 0.259. The summed E-state index contributed by atoms with van der Waals surface area (Å²) in [5, 5.41) is 1.24. The average molecular weight is 318 g/mol. The smallest absolute Gasteiger partial charge is 0.223 e. The van der Waals surface area contributed by atoms with Gasteiger partial charge >= 0.3 is 0 Å². The summed E-state index contributed by atoms with van der Waals surface area (Å²) in [6.45, 7) is 3.68. The molecule has 4 rings (SSSR count). The number of benzene rings is 2. The van der Waals surface area contributed by atoms with Gasteiger partial charge in [-0.15, -0.1) is 0 Å². The molecular weight excluding hydrogens is 296 g/mol. The number of H-pyrrole nitrogens is 1. The van der Waals surface area contributed by atoms with Crippen LogP contribution in [0.15, 0.2) is 48.5 Å². The molecule has 2 aromatic carbocycles. The highest BCUT2D eigenvalue weighted by Crippen LogP contribution is 2.24. The predicted molar refractivity (Wildman–Crippen MR) is 96.9 cm³/mol. The fraction of sp³-hybridized carbons (Fsp3) is 0.286. The van der Waals surface area contributed by atoms with Crippen molar-refractivity contribution in [2.75, 3.05) is 6.54 Å². The van der Waals surface area contributed by atoms with E-state index in [2.05, 4.69) is 54.4 Å². The van der Waals surface area contributed by atoms with E-state index >= 15 is 0 Å². The van der Waals surface area contributed by atoms with Crippen LogP contribution in [0.5, 0.6) is 0 Å². The van der Waals surface area contributed by atoms with Gasteiger partial charge in [0.05, 0.1) is 0 Å². The third-order valence-electron chi connectivity index (χ3n) is 5.10. The third-order valence-corrected chi connectivity index (χ3v) is 5.10. The molecule has 0 fully saturated rings. The van der Waals surface area contributed by atoms with E-state index in [1.807, 2.05) is 11.0 Å². The molecule has 1 aliphatic heterocycles. The molecule has 0 unspecified atom stereocenters. The Bertz CT molecular complexity index is 894. The number of fused-ring (bicyclic) bond motifs is 2. The van der Waals surface area contributed by atoms with E-state index in [1.54, 1.807) is 0 Å². The topological polar surface area (TPSA) is 36.1 Å². The summed E-state index contributed by atoms with van der Waals surface area (Å²) in [4.78, 5) is 18.1. The lowest BCUT2D eigenvalue weighted by atomic mass is 9.99. The van der Waals surface area contributed by atoms with Gasteiger partial charge < -0.3 is 9.88 Å². The molecule has 0 saturated heterocycles. The Morgan fingerprint density at radius 2 is 1.83 bits per heavy atom. The highest BCUT2D eigenvalue weighted by molar-refractivity contribution is 5.85. The van der Waals surface area contributed by atoms with Gasteiger partial charge in [-0.3, -0.25) is 4.79 Å². The summed E-state index contributed by atoms with van der Waals surface area (Å²) in [6, 6.07) is 16.8. The van der Waals surface area contributed by atoms with Gasteiger partial charge in [-0.2, -0.15) is 0 Å². The van der Waals surface area contributed by atoms with Crippen molar-refractivity contribution in [2.24, 2.45) is 0 Å². The van der Waals surface area contributed by atoms with Crippen LogP contribution in [0.4, 0.5) is 0 Å². The van der Waals surface area contributed by atoms with Crippen molar-refractivity contribution in [1.82, 2.24) is 9.88 Å². The largest absolute Gasteiger partial charge is 0.358 e. The molecule has 24 heavy (non-hydrogen) atoms. The zero-order valence-corrected chi connectivity index (χ0v) is 14.0. The summed E-state index contributed by atoms with van der Waals surface area (Å²) in [5.74, 6) is 0.259. The Balaban J connectivity index is 1.46. The van der Waals surface area contributed by atoms with Gasteiger partial charge in [0.25, 0.3) is 0 Å². The van der Waals surface area contributed by atoms with Gasteiger partial charge in [0, 0.05) is 36.1 Å². The number of amides is 1. The third kappa shape index (κ3) is 2.71. The molecule has 2 heterocycles. The molecule has 3 heteroatoms. The van der Waals surface area contributed by atoms with E-state index in [4.69, 9.17) is 0 Å². The number of carbonyl (C=O) groups is 1. The Morgan fingerprint density at radius 1 is 1.08 bits per heavy atom. The lowest BCUT2D eigenvalue weighted by Crippen LogP contribution is -2.36. The Hall–Kier alpha value is -2.55. The van der Waals surface area contributed by atoms with Crippen LogP contribution in [0.1, 0.15) is 28.8 Å². The number of nitrogens with zero attached hydrogens (tertiary/aromatic N) is 1. The number of aromatic nitrogens is 1. The van der Waals surface area contributed by atoms with E-state index in [-0.39, 0.29) is 5.91 Å². The van der Waals surface area contributed by atoms with Crippen LogP contribution in [-0.2, 0) is 24.2 Å². The van der Waals surface area contributed by atoms with Gasteiger partial charge in [0.15, 0.2) is 0 Å². The minimum atomic E-state index is 0.259. The summed E-state index contributed by atoms with van der Waals surface area (Å²) in [6.07, 6.45) is 2.34. The van der Waals surface area contributed by atoms with Crippen molar-refractivity contribution in [3.8, 4) is 0 Å². The summed E-state index contributed by atoms with van der Waals surface area (Å²) < 4.78 is 0. The van der Waals surface area contributed by atoms with Crippen molar-refractivity contribution >= 4 is 16.8 Å². The fourth-order valence-electron chi connectivity index (χ4n) is 3.76. The number of aromatic amines is 1. The van der Waals surface area contributed by atoms with Gasteiger partial charge in [-0.1, -0.05) is 42.5 Å². The Labute approximate surface area is 142 Å². The molecule has 1 aliphatic rings. The van der Waals surface area contributed by atoms with E-state index in [9.17, 15) is 4.79 Å². The highest BCUT2D eigenvalue weighted by atomic mass is 16.2. The molecule has 0 bridgehead atoms. The Morgan fingerprint density at radius 3 is 2.71 bits per heavy atom. The lowest BCUT2D eigenvalue weighted by Gasteiger charge is -2.29. The average Bonchev–Trinajstić information content (AvgIpc) is 2.94. The molecule has 1 amide bonds. The van der Waals surface area contributed by atoms with Gasteiger partial charge in [0.2, 0.25) is 5.91 Å². The zero-order chi connectivity index (χ0) is 16.5. The fourth-order valence-corrected chi connectivity index (χ4v) is 3.76. The number of aryl methyl sites for hydroxylation is 2. The maximum atomic E-state index is 12.7. The standard InChI is InChI=1S/C21H22N2O/c1-15-18(19-8-4-5-9-20(19)22-15)10-11-21(24)23-13-12-16-6-2-3-7-17(16)14-23/h2-9,22H,10-14H2,1H3. The van der Waals surface area contributed by atoms with Gasteiger partial charge in [-0.25, -0.2) is 0 Å². The molecule has 0 spiro atoms. The SMILES string of the molecule is Cc1[nH]c2ccccc2c1CCC(=O)N1CCc2ccccc2C1. The monoisotopic (exact) mass is 318 g/mol. The van der Waals surface area contributed by atoms with Crippen LogP contribution < -0.4 is 0 Å². The van der Waals surface area contributed by atoms with Crippen molar-refractivity contribution < 1.29 is 4.79 Å². The van der Waals surface area contributed by atoms with Crippen molar-refractivity contribution in [3.05, 3.63) is 70.9 Å². The molecular formula is C21H22N2O. The second kappa shape index (κ2) is 6.16. The molecule has 1 N–H and O–H groups in total. The van der Waals surface area contributed by atoms with Crippen molar-refractivity contribution in [1.29, 1.82) is 0 Å². The van der Waals surface area contributed by atoms with Crippen LogP contribution in [-0.4, -0.2) is 22.3 Å². The molecule has 3 aromatic rings. The second-order valence-electron chi connectivity index (χ2n) is 6.61. The number of hydrogen-bond donors (Lipinski definition) is 1. The second-order valence-corrected chi connectivity index (χ2v) is 6.61. The summed E-state index contributed by atoms with van der Waals surface area (Å²) >= 11 is 0. The summed E-state index contributed by atoms with van der Waals surface area (Å²) in [7, 11) is 0. The van der Waals surface area contributed by atoms with Crippen LogP contribution in [0, 0.1) is 6.92 Å². The first kappa shape index (κ1) is 15.0. The predicted octanol–water partition coefficient (Wildman–Crippen LogP) is 3.99. The van der Waals surface area contributed by atoms with E-state index in [1.165, 1.54) is 27.8 Å². The normalized spacial score (nSPS) is 14.0. The molecule has 3 nitrogen and oxygen atoms in total. The highest BCUT2D eigenvalue weighted by Gasteiger charge is 2.20. The van der Waals surface area contributed by atoms with Crippen molar-refractivity contribution in [2.45, 2.75) is 32.7 Å². The molecule has 0 saturated carbocycles. The quantitative estimate of drug-likeness (QED) is 0.778. The number of hydrogen-bond acceptors (Lipinski definition) is 1. The van der Waals surface area contributed by atoms with E-state index in [0.29, 0.717) is 6.42 Å². The molecule has 0 aliphatic carbocycles. The molecule has 122 valence electrons. The van der Waals surface area contributed by atoms with Crippen molar-refractivity contribution in [3.63, 3.8) is 0 Å². The van der Waals surface area contributed by atoms with E-state index < -0.39 is 0 Å². The number of para-hydroxylation sites is 1. The first-order valence-corrected chi connectivity index (χ1v) is 8.63. The van der Waals surface area contributed by atoms with Crippen LogP contribution in [0.3, 0.4) is 0 Å². The summed E-state index contributed by atoms with van der Waals surface area (Å²) in [5.41, 5.74) is 6.28. The first-order chi connectivity index (χ1) is 11.7. The van der Waals surface area contributed by atoms with Crippen LogP contribution >= 0.6 is 0 Å². The molecule has 0 radical (unpaired) electrons. The maximum absolute atomic E-state index is 12.7. The maximum Gasteiger partial charge on any atom is 0.223 e.